The van der Waals surface area contributed by atoms with Crippen LogP contribution in [0, 0.1) is 0 Å². The third kappa shape index (κ3) is 4.03. The first-order valence-electron chi connectivity index (χ1n) is 8.29. The summed E-state index contributed by atoms with van der Waals surface area (Å²) in [5.74, 6) is 0.679. The Kier molecular flexibility index (Phi) is 5.41. The number of rotatable bonds is 6. The zero-order valence-electron chi connectivity index (χ0n) is 14.6. The van der Waals surface area contributed by atoms with Gasteiger partial charge in [0, 0.05) is 23.2 Å². The first kappa shape index (κ1) is 17.5. The Morgan fingerprint density at radius 1 is 1.00 bits per heavy atom. The summed E-state index contributed by atoms with van der Waals surface area (Å²) >= 11 is 6.10. The molecular weight excluding hydrogens is 334 g/mol. The molecule has 0 aliphatic heterocycles. The molecule has 0 bridgehead atoms. The van der Waals surface area contributed by atoms with E-state index in [1.54, 1.807) is 11.8 Å². The molecular formula is C20H22ClN3O. The van der Waals surface area contributed by atoms with Crippen LogP contribution in [0.4, 0.5) is 0 Å². The second-order valence-electron chi connectivity index (χ2n) is 6.02. The SMILES string of the molecule is COc1cc(C(C)N[C@H](C)c2ccccc2)nn1-c1cccc(Cl)c1. The van der Waals surface area contributed by atoms with Crippen molar-refractivity contribution in [2.45, 2.75) is 25.9 Å². The Morgan fingerprint density at radius 2 is 1.76 bits per heavy atom. The van der Waals surface area contributed by atoms with E-state index in [1.165, 1.54) is 5.56 Å². The van der Waals surface area contributed by atoms with Crippen molar-refractivity contribution in [3.63, 3.8) is 0 Å². The normalized spacial score (nSPS) is 13.4. The quantitative estimate of drug-likeness (QED) is 0.680. The number of nitrogens with one attached hydrogen (secondary N) is 1. The van der Waals surface area contributed by atoms with Gasteiger partial charge in [-0.05, 0) is 37.6 Å². The molecule has 4 nitrogen and oxygen atoms in total. The summed E-state index contributed by atoms with van der Waals surface area (Å²) in [5, 5.41) is 8.96. The average Bonchev–Trinajstić information content (AvgIpc) is 3.07. The van der Waals surface area contributed by atoms with E-state index in [0.29, 0.717) is 10.9 Å². The predicted molar refractivity (Wildman–Crippen MR) is 102 cm³/mol. The molecule has 1 N–H and O–H groups in total. The lowest BCUT2D eigenvalue weighted by atomic mass is 10.1. The highest BCUT2D eigenvalue weighted by atomic mass is 35.5. The lowest BCUT2D eigenvalue weighted by molar-refractivity contribution is 0.383. The third-order valence-corrected chi connectivity index (χ3v) is 4.44. The topological polar surface area (TPSA) is 39.1 Å². The van der Waals surface area contributed by atoms with Gasteiger partial charge in [-0.25, -0.2) is 4.68 Å². The van der Waals surface area contributed by atoms with E-state index in [4.69, 9.17) is 21.4 Å². The molecule has 0 aliphatic carbocycles. The van der Waals surface area contributed by atoms with Gasteiger partial charge in [-0.2, -0.15) is 5.10 Å². The molecule has 3 rings (SSSR count). The van der Waals surface area contributed by atoms with Crippen LogP contribution in [0.5, 0.6) is 5.88 Å². The van der Waals surface area contributed by atoms with E-state index >= 15 is 0 Å². The van der Waals surface area contributed by atoms with Crippen molar-refractivity contribution in [1.82, 2.24) is 15.1 Å². The van der Waals surface area contributed by atoms with E-state index in [-0.39, 0.29) is 12.1 Å². The maximum atomic E-state index is 6.10. The van der Waals surface area contributed by atoms with Crippen molar-refractivity contribution in [2.75, 3.05) is 7.11 Å². The predicted octanol–water partition coefficient (Wildman–Crippen LogP) is 4.95. The minimum absolute atomic E-state index is 0.0736. The molecule has 1 heterocycles. The van der Waals surface area contributed by atoms with Crippen LogP contribution in [0.25, 0.3) is 5.69 Å². The smallest absolute Gasteiger partial charge is 0.216 e. The second kappa shape index (κ2) is 7.72. The highest BCUT2D eigenvalue weighted by Gasteiger charge is 2.17. The largest absolute Gasteiger partial charge is 0.481 e. The Bertz CT molecular complexity index is 832. The maximum absolute atomic E-state index is 6.10. The van der Waals surface area contributed by atoms with Crippen LogP contribution in [0.15, 0.2) is 60.7 Å². The van der Waals surface area contributed by atoms with Gasteiger partial charge in [0.05, 0.1) is 18.5 Å². The molecule has 130 valence electrons. The number of ether oxygens (including phenoxy) is 1. The monoisotopic (exact) mass is 355 g/mol. The van der Waals surface area contributed by atoms with Crippen LogP contribution in [-0.2, 0) is 0 Å². The Balaban J connectivity index is 1.83. The van der Waals surface area contributed by atoms with Crippen molar-refractivity contribution in [2.24, 2.45) is 0 Å². The van der Waals surface area contributed by atoms with Gasteiger partial charge in [-0.1, -0.05) is 48.0 Å². The summed E-state index contributed by atoms with van der Waals surface area (Å²) in [6.07, 6.45) is 0. The number of hydrogen-bond donors (Lipinski definition) is 1. The Morgan fingerprint density at radius 3 is 2.44 bits per heavy atom. The first-order valence-corrected chi connectivity index (χ1v) is 8.67. The van der Waals surface area contributed by atoms with Crippen molar-refractivity contribution >= 4 is 11.6 Å². The zero-order valence-corrected chi connectivity index (χ0v) is 15.4. The molecule has 0 saturated carbocycles. The van der Waals surface area contributed by atoms with Crippen molar-refractivity contribution < 1.29 is 4.74 Å². The molecule has 2 atom stereocenters. The minimum Gasteiger partial charge on any atom is -0.481 e. The fourth-order valence-corrected chi connectivity index (χ4v) is 3.01. The molecule has 3 aromatic rings. The molecule has 1 unspecified atom stereocenters. The third-order valence-electron chi connectivity index (χ3n) is 4.20. The molecule has 0 spiro atoms. The summed E-state index contributed by atoms with van der Waals surface area (Å²) in [7, 11) is 1.65. The van der Waals surface area contributed by atoms with Crippen LogP contribution in [-0.4, -0.2) is 16.9 Å². The van der Waals surface area contributed by atoms with Crippen LogP contribution in [0.3, 0.4) is 0 Å². The minimum atomic E-state index is 0.0736. The number of benzene rings is 2. The van der Waals surface area contributed by atoms with Crippen molar-refractivity contribution in [1.29, 1.82) is 0 Å². The van der Waals surface area contributed by atoms with E-state index in [1.807, 2.05) is 36.4 Å². The summed E-state index contributed by atoms with van der Waals surface area (Å²) in [6.45, 7) is 4.25. The lowest BCUT2D eigenvalue weighted by Crippen LogP contribution is -2.22. The van der Waals surface area contributed by atoms with Crippen molar-refractivity contribution in [3.8, 4) is 11.6 Å². The lowest BCUT2D eigenvalue weighted by Gasteiger charge is -2.18. The van der Waals surface area contributed by atoms with Gasteiger partial charge in [-0.15, -0.1) is 0 Å². The van der Waals surface area contributed by atoms with E-state index in [9.17, 15) is 0 Å². The Hall–Kier alpha value is -2.30. The first-order chi connectivity index (χ1) is 12.1. The number of nitrogens with zero attached hydrogens (tertiary/aromatic N) is 2. The van der Waals surface area contributed by atoms with Crippen LogP contribution in [0.2, 0.25) is 5.02 Å². The summed E-state index contributed by atoms with van der Waals surface area (Å²) in [5.41, 5.74) is 3.04. The summed E-state index contributed by atoms with van der Waals surface area (Å²) < 4.78 is 7.26. The molecule has 1 aromatic heterocycles. The van der Waals surface area contributed by atoms with Crippen LogP contribution in [0.1, 0.15) is 37.2 Å². The van der Waals surface area contributed by atoms with E-state index in [0.717, 1.165) is 11.4 Å². The van der Waals surface area contributed by atoms with Gasteiger partial charge in [0.15, 0.2) is 0 Å². The number of halogens is 1. The molecule has 25 heavy (non-hydrogen) atoms. The average molecular weight is 356 g/mol. The highest BCUT2D eigenvalue weighted by Crippen LogP contribution is 2.25. The van der Waals surface area contributed by atoms with Gasteiger partial charge in [-0.3, -0.25) is 0 Å². The van der Waals surface area contributed by atoms with Gasteiger partial charge in [0.25, 0.3) is 0 Å². The maximum Gasteiger partial charge on any atom is 0.216 e. The fraction of sp³-hybridized carbons (Fsp3) is 0.250. The second-order valence-corrected chi connectivity index (χ2v) is 6.46. The van der Waals surface area contributed by atoms with Crippen LogP contribution < -0.4 is 10.1 Å². The van der Waals surface area contributed by atoms with E-state index < -0.39 is 0 Å². The van der Waals surface area contributed by atoms with Gasteiger partial charge >= 0.3 is 0 Å². The molecule has 0 saturated heterocycles. The van der Waals surface area contributed by atoms with Crippen LogP contribution >= 0.6 is 11.6 Å². The summed E-state index contributed by atoms with van der Waals surface area (Å²) in [6, 6.07) is 20.2. The van der Waals surface area contributed by atoms with Crippen molar-refractivity contribution in [3.05, 3.63) is 76.9 Å². The Labute approximate surface area is 153 Å². The molecule has 0 amide bonds. The van der Waals surface area contributed by atoms with Gasteiger partial charge in [0.1, 0.15) is 0 Å². The summed E-state index contributed by atoms with van der Waals surface area (Å²) in [4.78, 5) is 0. The number of hydrogen-bond acceptors (Lipinski definition) is 3. The molecule has 0 fully saturated rings. The fourth-order valence-electron chi connectivity index (χ4n) is 2.83. The standard InChI is InChI=1S/C20H22ClN3O/c1-14(16-8-5-4-6-9-16)22-15(2)19-13-20(25-3)24(23-19)18-11-7-10-17(21)12-18/h4-15,22H,1-3H3/t14-,15?/m1/s1. The molecule has 2 aromatic carbocycles. The van der Waals surface area contributed by atoms with Gasteiger partial charge < -0.3 is 10.1 Å². The molecule has 0 radical (unpaired) electrons. The number of aromatic nitrogens is 2. The molecule has 5 heteroatoms. The zero-order chi connectivity index (χ0) is 17.8. The number of methoxy groups -OCH3 is 1. The highest BCUT2D eigenvalue weighted by molar-refractivity contribution is 6.30. The van der Waals surface area contributed by atoms with Gasteiger partial charge in [0.2, 0.25) is 5.88 Å². The molecule has 0 aliphatic rings. The van der Waals surface area contributed by atoms with E-state index in [2.05, 4.69) is 43.4 Å².